The van der Waals surface area contributed by atoms with Crippen LogP contribution in [0.4, 0.5) is 34.1 Å². The molecule has 0 saturated heterocycles. The summed E-state index contributed by atoms with van der Waals surface area (Å²) in [4.78, 5) is 5.33. The zero-order valence-corrected chi connectivity index (χ0v) is 55.6. The van der Waals surface area contributed by atoms with Crippen LogP contribution in [-0.2, 0) is 21.7 Å². The highest BCUT2D eigenvalue weighted by Gasteiger charge is 2.53. The molecule has 13 aromatic carbocycles. The first-order chi connectivity index (χ1) is 46.0. The lowest BCUT2D eigenvalue weighted by Crippen LogP contribution is -2.61. The SMILES string of the molecule is CC(C)(C)c1cc(-c2ccc3c(c2)N(c2cc(-c4ccccc4)cc(-c4ccccc4)c2)c2cc(C(C)(C)C)cc4c2B3c2cc3c(cc2N4c2cc(-c4ccccc4)cc(-c4ccccc4)c2)-c2ccccc2C32c3ccccc3Oc3ccccc32)cc(C(C)(C)C)c1. The lowest BCUT2D eigenvalue weighted by atomic mass is 9.33. The maximum atomic E-state index is 6.99. The lowest BCUT2D eigenvalue weighted by Gasteiger charge is -2.46. The minimum atomic E-state index is -0.702. The van der Waals surface area contributed by atoms with Crippen molar-refractivity contribution in [2.75, 3.05) is 9.80 Å². The normalized spacial score (nSPS) is 13.8. The molecule has 3 aliphatic heterocycles. The van der Waals surface area contributed by atoms with Crippen molar-refractivity contribution in [2.24, 2.45) is 0 Å². The molecule has 0 unspecified atom stereocenters. The average Bonchev–Trinajstić information content (AvgIpc) is 1.61. The Morgan fingerprint density at radius 2 is 0.663 bits per heavy atom. The summed E-state index contributed by atoms with van der Waals surface area (Å²) in [5, 5.41) is 0. The highest BCUT2D eigenvalue weighted by Crippen LogP contribution is 2.63. The Morgan fingerprint density at radius 3 is 1.12 bits per heavy atom. The van der Waals surface area contributed by atoms with Crippen molar-refractivity contribution in [1.29, 1.82) is 0 Å². The molecule has 13 aromatic rings. The number of anilines is 6. The van der Waals surface area contributed by atoms with Crippen LogP contribution in [0.3, 0.4) is 0 Å². The van der Waals surface area contributed by atoms with Crippen LogP contribution in [0, 0.1) is 0 Å². The van der Waals surface area contributed by atoms with E-state index in [-0.39, 0.29) is 23.0 Å². The summed E-state index contributed by atoms with van der Waals surface area (Å²) in [5.41, 5.74) is 32.4. The molecule has 1 aliphatic carbocycles. The fourth-order valence-electron chi connectivity index (χ4n) is 15.8. The van der Waals surface area contributed by atoms with Crippen molar-refractivity contribution >= 4 is 57.2 Å². The van der Waals surface area contributed by atoms with Gasteiger partial charge in [-0.1, -0.05) is 281 Å². The Morgan fingerprint density at radius 1 is 0.274 bits per heavy atom. The van der Waals surface area contributed by atoms with Crippen molar-refractivity contribution in [3.8, 4) is 78.3 Å². The van der Waals surface area contributed by atoms with Gasteiger partial charge in [0.25, 0.3) is 6.71 Å². The van der Waals surface area contributed by atoms with Gasteiger partial charge in [0.15, 0.2) is 0 Å². The van der Waals surface area contributed by atoms with Crippen molar-refractivity contribution in [3.05, 3.63) is 330 Å². The topological polar surface area (TPSA) is 15.7 Å². The van der Waals surface area contributed by atoms with E-state index in [2.05, 4.69) is 363 Å². The van der Waals surface area contributed by atoms with Crippen LogP contribution in [-0.4, -0.2) is 6.71 Å². The first-order valence-corrected chi connectivity index (χ1v) is 33.7. The van der Waals surface area contributed by atoms with Crippen LogP contribution in [0.25, 0.3) is 66.8 Å². The minimum Gasteiger partial charge on any atom is -0.457 e. The van der Waals surface area contributed by atoms with E-state index in [1.165, 1.54) is 100 Å². The highest BCUT2D eigenvalue weighted by molar-refractivity contribution is 7.00. The summed E-state index contributed by atoms with van der Waals surface area (Å²) >= 11 is 0. The summed E-state index contributed by atoms with van der Waals surface area (Å²) in [7, 11) is 0. The maximum Gasteiger partial charge on any atom is 0.252 e. The van der Waals surface area contributed by atoms with Crippen molar-refractivity contribution in [3.63, 3.8) is 0 Å². The van der Waals surface area contributed by atoms with Gasteiger partial charge in [0.2, 0.25) is 0 Å². The van der Waals surface area contributed by atoms with Crippen LogP contribution in [0.2, 0.25) is 0 Å². The Kier molecular flexibility index (Phi) is 13.3. The molecule has 1 spiro atoms. The molecule has 17 rings (SSSR count). The molecule has 95 heavy (non-hydrogen) atoms. The van der Waals surface area contributed by atoms with E-state index in [0.717, 1.165) is 67.6 Å². The molecule has 0 saturated carbocycles. The van der Waals surface area contributed by atoms with E-state index in [9.17, 15) is 0 Å². The monoisotopic (exact) mass is 1220 g/mol. The second-order valence-corrected chi connectivity index (χ2v) is 29.7. The first-order valence-electron chi connectivity index (χ1n) is 33.7. The van der Waals surface area contributed by atoms with E-state index in [1.54, 1.807) is 0 Å². The number of benzene rings is 13. The Bertz CT molecular complexity index is 5030. The second kappa shape index (κ2) is 21.7. The summed E-state index contributed by atoms with van der Waals surface area (Å²) < 4.78 is 6.99. The molecule has 0 bridgehead atoms. The number of nitrogens with zero attached hydrogens (tertiary/aromatic N) is 2. The van der Waals surface area contributed by atoms with E-state index in [4.69, 9.17) is 4.74 Å². The van der Waals surface area contributed by atoms with Crippen LogP contribution in [0.1, 0.15) is 101 Å². The van der Waals surface area contributed by atoms with E-state index >= 15 is 0 Å². The molecule has 0 atom stereocenters. The zero-order chi connectivity index (χ0) is 64.7. The molecule has 4 aliphatic rings. The van der Waals surface area contributed by atoms with Crippen molar-refractivity contribution in [1.82, 2.24) is 0 Å². The third-order valence-electron chi connectivity index (χ3n) is 20.7. The number of hydrogen-bond acceptors (Lipinski definition) is 3. The Labute approximate surface area is 560 Å². The Hall–Kier alpha value is -10.7. The molecule has 458 valence electrons. The first kappa shape index (κ1) is 58.2. The van der Waals surface area contributed by atoms with Crippen LogP contribution in [0.5, 0.6) is 11.5 Å². The van der Waals surface area contributed by atoms with Gasteiger partial charge in [0, 0.05) is 45.3 Å². The lowest BCUT2D eigenvalue weighted by molar-refractivity contribution is 0.436. The van der Waals surface area contributed by atoms with Gasteiger partial charge in [-0.15, -0.1) is 0 Å². The van der Waals surface area contributed by atoms with Gasteiger partial charge >= 0.3 is 0 Å². The van der Waals surface area contributed by atoms with Gasteiger partial charge in [-0.3, -0.25) is 0 Å². The smallest absolute Gasteiger partial charge is 0.252 e. The van der Waals surface area contributed by atoms with Crippen molar-refractivity contribution in [2.45, 2.75) is 84.0 Å². The van der Waals surface area contributed by atoms with Gasteiger partial charge in [-0.05, 0) is 200 Å². The van der Waals surface area contributed by atoms with Gasteiger partial charge in [-0.2, -0.15) is 0 Å². The molecule has 3 nitrogen and oxygen atoms in total. The van der Waals surface area contributed by atoms with Crippen LogP contribution >= 0.6 is 0 Å². The number of ether oxygens (including phenoxy) is 1. The average molecular weight is 1220 g/mol. The van der Waals surface area contributed by atoms with Crippen LogP contribution < -0.4 is 30.9 Å². The molecular weight excluding hydrogens is 1150 g/mol. The van der Waals surface area contributed by atoms with Gasteiger partial charge in [0.1, 0.15) is 11.5 Å². The number of para-hydroxylation sites is 2. The van der Waals surface area contributed by atoms with E-state index in [0.29, 0.717) is 0 Å². The Balaban J connectivity index is 1.03. The number of fused-ring (bicyclic) bond motifs is 13. The second-order valence-electron chi connectivity index (χ2n) is 29.7. The standard InChI is InChI=1S/C91H75BN2O/c1-88(2,3)68-46-67(47-69(53-68)89(4,5)6)62-42-43-79-81(52-62)93(71-48-63(58-28-14-10-15-29-58)44-64(49-71)59-30-16-11-17-31-59)83-54-70(90(7,8)9)55-84-87(83)92(79)80-57-78-74(73-36-22-23-37-75(73)91(78)76-38-24-26-40-85(76)95-86-41-27-25-39-77(86)91)56-82(80)94(84)72-50-65(60-32-18-12-19-33-60)45-66(51-72)61-34-20-13-21-35-61/h10-57H,1-9H3. The quantitative estimate of drug-likeness (QED) is 0.148. The van der Waals surface area contributed by atoms with Gasteiger partial charge in [0.05, 0.1) is 5.41 Å². The van der Waals surface area contributed by atoms with Gasteiger partial charge in [-0.25, -0.2) is 0 Å². The largest absolute Gasteiger partial charge is 0.457 e. The summed E-state index contributed by atoms with van der Waals surface area (Å²) in [6, 6.07) is 110. The third kappa shape index (κ3) is 9.46. The van der Waals surface area contributed by atoms with Crippen LogP contribution in [0.15, 0.2) is 291 Å². The van der Waals surface area contributed by atoms with Gasteiger partial charge < -0.3 is 14.5 Å². The zero-order valence-electron chi connectivity index (χ0n) is 55.6. The molecule has 0 aromatic heterocycles. The molecule has 0 radical (unpaired) electrons. The fraction of sp³-hybridized carbons (Fsp3) is 0.143. The molecule has 0 N–H and O–H groups in total. The molecule has 4 heteroatoms. The summed E-state index contributed by atoms with van der Waals surface area (Å²) in [6.07, 6.45) is 0. The molecule has 0 fully saturated rings. The highest BCUT2D eigenvalue weighted by atomic mass is 16.5. The molecular formula is C91H75BN2O. The summed E-state index contributed by atoms with van der Waals surface area (Å²) in [5.74, 6) is 1.76. The summed E-state index contributed by atoms with van der Waals surface area (Å²) in [6.45, 7) is 21.0. The van der Waals surface area contributed by atoms with Crippen molar-refractivity contribution < 1.29 is 4.74 Å². The third-order valence-corrected chi connectivity index (χ3v) is 20.7. The fourth-order valence-corrected chi connectivity index (χ4v) is 15.8. The van der Waals surface area contributed by atoms with E-state index in [1.807, 2.05) is 0 Å². The molecule has 0 amide bonds. The maximum absolute atomic E-state index is 6.99. The number of hydrogen-bond donors (Lipinski definition) is 0. The predicted molar refractivity (Wildman–Crippen MR) is 401 cm³/mol. The predicted octanol–water partition coefficient (Wildman–Crippen LogP) is 22.5. The molecule has 3 heterocycles. The number of rotatable bonds is 7. The van der Waals surface area contributed by atoms with E-state index < -0.39 is 5.41 Å². The minimum absolute atomic E-state index is 0.0798.